The number of carbonyl (C=O) groups excluding carboxylic acids is 1. The Morgan fingerprint density at radius 1 is 1.00 bits per heavy atom. The highest BCUT2D eigenvalue weighted by Crippen LogP contribution is 2.32. The number of piperidine rings is 1. The van der Waals surface area contributed by atoms with Crippen LogP contribution >= 0.6 is 0 Å². The van der Waals surface area contributed by atoms with Crippen LogP contribution < -0.4 is 10.0 Å². The number of anilines is 1. The van der Waals surface area contributed by atoms with Gasteiger partial charge in [0.1, 0.15) is 0 Å². The SMILES string of the molecule is CC(C)c1cccc(C(C)C)c1NC(=O)NS(=O)(=O)N1CCCCC1. The highest BCUT2D eigenvalue weighted by molar-refractivity contribution is 7.87. The molecule has 0 radical (unpaired) electrons. The van der Waals surface area contributed by atoms with E-state index in [1.165, 1.54) is 4.31 Å². The van der Waals surface area contributed by atoms with Gasteiger partial charge in [0.25, 0.3) is 0 Å². The van der Waals surface area contributed by atoms with E-state index in [1.807, 2.05) is 45.9 Å². The summed E-state index contributed by atoms with van der Waals surface area (Å²) < 4.78 is 28.3. The molecule has 0 saturated carbocycles. The van der Waals surface area contributed by atoms with E-state index in [2.05, 4.69) is 10.0 Å². The van der Waals surface area contributed by atoms with Crippen molar-refractivity contribution in [2.24, 2.45) is 0 Å². The third-order valence-electron chi connectivity index (χ3n) is 4.49. The van der Waals surface area contributed by atoms with Crippen molar-refractivity contribution < 1.29 is 13.2 Å². The topological polar surface area (TPSA) is 78.5 Å². The van der Waals surface area contributed by atoms with Gasteiger partial charge in [-0.2, -0.15) is 12.7 Å². The number of hydrogen-bond donors (Lipinski definition) is 2. The van der Waals surface area contributed by atoms with Crippen molar-refractivity contribution in [2.75, 3.05) is 18.4 Å². The average Bonchev–Trinajstić information content (AvgIpc) is 2.54. The molecule has 1 fully saturated rings. The Kier molecular flexibility index (Phi) is 6.46. The minimum atomic E-state index is -3.80. The summed E-state index contributed by atoms with van der Waals surface area (Å²) in [7, 11) is -3.80. The van der Waals surface area contributed by atoms with E-state index in [-0.39, 0.29) is 11.8 Å². The van der Waals surface area contributed by atoms with Gasteiger partial charge in [0.05, 0.1) is 0 Å². The molecular formula is C18H29N3O3S. The predicted molar refractivity (Wildman–Crippen MR) is 101 cm³/mol. The van der Waals surface area contributed by atoms with Gasteiger partial charge >= 0.3 is 16.2 Å². The van der Waals surface area contributed by atoms with Crippen LogP contribution in [0.5, 0.6) is 0 Å². The first-order valence-corrected chi connectivity index (χ1v) is 10.4. The zero-order valence-electron chi connectivity index (χ0n) is 15.5. The molecule has 0 aliphatic carbocycles. The van der Waals surface area contributed by atoms with Crippen molar-refractivity contribution in [3.8, 4) is 0 Å². The summed E-state index contributed by atoms with van der Waals surface area (Å²) >= 11 is 0. The Morgan fingerprint density at radius 2 is 1.52 bits per heavy atom. The average molecular weight is 368 g/mol. The maximum Gasteiger partial charge on any atom is 0.333 e. The quantitative estimate of drug-likeness (QED) is 0.831. The lowest BCUT2D eigenvalue weighted by molar-refractivity contribution is 0.255. The molecule has 1 saturated heterocycles. The monoisotopic (exact) mass is 367 g/mol. The summed E-state index contributed by atoms with van der Waals surface area (Å²) in [5, 5.41) is 2.78. The highest BCUT2D eigenvalue weighted by atomic mass is 32.2. The van der Waals surface area contributed by atoms with E-state index in [9.17, 15) is 13.2 Å². The van der Waals surface area contributed by atoms with Crippen LogP contribution in [0.4, 0.5) is 10.5 Å². The number of rotatable bonds is 5. The largest absolute Gasteiger partial charge is 0.333 e. The maximum atomic E-state index is 12.4. The lowest BCUT2D eigenvalue weighted by Crippen LogP contribution is -2.47. The fourth-order valence-corrected chi connectivity index (χ4v) is 4.27. The Hall–Kier alpha value is -1.60. The zero-order valence-corrected chi connectivity index (χ0v) is 16.3. The lowest BCUT2D eigenvalue weighted by atomic mass is 9.93. The molecule has 2 N–H and O–H groups in total. The Bertz CT molecular complexity index is 682. The third kappa shape index (κ3) is 4.95. The molecule has 1 aromatic rings. The molecule has 2 amide bonds. The first kappa shape index (κ1) is 19.7. The summed E-state index contributed by atoms with van der Waals surface area (Å²) in [4.78, 5) is 12.4. The van der Waals surface area contributed by atoms with Crippen LogP contribution in [0.3, 0.4) is 0 Å². The molecule has 1 aromatic carbocycles. The molecule has 6 nitrogen and oxygen atoms in total. The highest BCUT2D eigenvalue weighted by Gasteiger charge is 2.26. The molecule has 1 aliphatic heterocycles. The van der Waals surface area contributed by atoms with E-state index in [1.54, 1.807) is 0 Å². The summed E-state index contributed by atoms with van der Waals surface area (Å²) in [5.74, 6) is 0.431. The van der Waals surface area contributed by atoms with Gasteiger partial charge in [0.15, 0.2) is 0 Å². The maximum absolute atomic E-state index is 12.4. The molecule has 0 aromatic heterocycles. The number of urea groups is 1. The van der Waals surface area contributed by atoms with Gasteiger partial charge in [-0.05, 0) is 35.8 Å². The van der Waals surface area contributed by atoms with Crippen molar-refractivity contribution >= 4 is 21.9 Å². The number of nitrogens with zero attached hydrogens (tertiary/aromatic N) is 1. The van der Waals surface area contributed by atoms with E-state index in [4.69, 9.17) is 0 Å². The van der Waals surface area contributed by atoms with Crippen molar-refractivity contribution in [3.63, 3.8) is 0 Å². The standard InChI is InChI=1S/C18H29N3O3S/c1-13(2)15-9-8-10-16(14(3)4)17(15)19-18(22)20-25(23,24)21-11-6-5-7-12-21/h8-10,13-14H,5-7,11-12H2,1-4H3,(H2,19,20,22). The van der Waals surface area contributed by atoms with Crippen LogP contribution in [0.2, 0.25) is 0 Å². The Morgan fingerprint density at radius 3 is 2.00 bits per heavy atom. The van der Waals surface area contributed by atoms with Crippen LogP contribution in [0.1, 0.15) is 69.9 Å². The summed E-state index contributed by atoms with van der Waals surface area (Å²) in [6.45, 7) is 9.12. The predicted octanol–water partition coefficient (Wildman–Crippen LogP) is 3.79. The van der Waals surface area contributed by atoms with Crippen LogP contribution in [0.25, 0.3) is 0 Å². The Balaban J connectivity index is 2.20. The molecule has 0 atom stereocenters. The van der Waals surface area contributed by atoms with Gasteiger partial charge in [-0.1, -0.05) is 52.3 Å². The molecular weight excluding hydrogens is 338 g/mol. The summed E-state index contributed by atoms with van der Waals surface area (Å²) in [6, 6.07) is 5.19. The van der Waals surface area contributed by atoms with E-state index in [0.717, 1.165) is 30.4 Å². The molecule has 7 heteroatoms. The molecule has 140 valence electrons. The second-order valence-electron chi connectivity index (χ2n) is 7.14. The molecule has 1 heterocycles. The number of hydrogen-bond acceptors (Lipinski definition) is 3. The van der Waals surface area contributed by atoms with Crippen LogP contribution in [0, 0.1) is 0 Å². The number of carbonyl (C=O) groups is 1. The second kappa shape index (κ2) is 8.19. The summed E-state index contributed by atoms with van der Waals surface area (Å²) in [5.41, 5.74) is 2.70. The second-order valence-corrected chi connectivity index (χ2v) is 8.81. The van der Waals surface area contributed by atoms with E-state index < -0.39 is 16.2 Å². The first-order chi connectivity index (χ1) is 11.7. The first-order valence-electron chi connectivity index (χ1n) is 8.94. The molecule has 0 bridgehead atoms. The van der Waals surface area contributed by atoms with Crippen molar-refractivity contribution in [2.45, 2.75) is 58.8 Å². The summed E-state index contributed by atoms with van der Waals surface area (Å²) in [6.07, 6.45) is 2.68. The van der Waals surface area contributed by atoms with E-state index >= 15 is 0 Å². The number of nitrogens with one attached hydrogen (secondary N) is 2. The molecule has 1 aliphatic rings. The minimum Gasteiger partial charge on any atom is -0.307 e. The van der Waals surface area contributed by atoms with Crippen molar-refractivity contribution in [1.82, 2.24) is 9.03 Å². The number of amides is 2. The van der Waals surface area contributed by atoms with Gasteiger partial charge in [-0.25, -0.2) is 9.52 Å². The molecule has 0 unspecified atom stereocenters. The van der Waals surface area contributed by atoms with Gasteiger partial charge < -0.3 is 5.32 Å². The van der Waals surface area contributed by atoms with Crippen molar-refractivity contribution in [3.05, 3.63) is 29.3 Å². The fraction of sp³-hybridized carbons (Fsp3) is 0.611. The minimum absolute atomic E-state index is 0.215. The van der Waals surface area contributed by atoms with E-state index in [0.29, 0.717) is 18.8 Å². The normalized spacial score (nSPS) is 16.2. The Labute approximate surface area is 151 Å². The van der Waals surface area contributed by atoms with Crippen LogP contribution in [-0.2, 0) is 10.2 Å². The zero-order chi connectivity index (χ0) is 18.6. The van der Waals surface area contributed by atoms with Gasteiger partial charge in [0, 0.05) is 18.8 Å². The number of para-hydroxylation sites is 1. The van der Waals surface area contributed by atoms with Crippen molar-refractivity contribution in [1.29, 1.82) is 0 Å². The lowest BCUT2D eigenvalue weighted by Gasteiger charge is -2.26. The van der Waals surface area contributed by atoms with Gasteiger partial charge in [-0.3, -0.25) is 0 Å². The smallest absolute Gasteiger partial charge is 0.307 e. The van der Waals surface area contributed by atoms with Crippen LogP contribution in [-0.4, -0.2) is 31.8 Å². The fourth-order valence-electron chi connectivity index (χ4n) is 3.12. The van der Waals surface area contributed by atoms with Crippen LogP contribution in [0.15, 0.2) is 18.2 Å². The molecule has 0 spiro atoms. The van der Waals surface area contributed by atoms with Gasteiger partial charge in [-0.15, -0.1) is 0 Å². The third-order valence-corrected chi connectivity index (χ3v) is 5.98. The molecule has 2 rings (SSSR count). The molecule has 25 heavy (non-hydrogen) atoms. The van der Waals surface area contributed by atoms with Gasteiger partial charge in [0.2, 0.25) is 0 Å². The number of benzene rings is 1.